The number of carbonyl (C=O) groups is 2. The summed E-state index contributed by atoms with van der Waals surface area (Å²) < 4.78 is 5.00. The van der Waals surface area contributed by atoms with E-state index in [1.165, 1.54) is 0 Å². The third kappa shape index (κ3) is 5.92. The summed E-state index contributed by atoms with van der Waals surface area (Å²) in [5.41, 5.74) is 2.85. The van der Waals surface area contributed by atoms with E-state index in [4.69, 9.17) is 4.52 Å². The van der Waals surface area contributed by atoms with Crippen LogP contribution in [0.4, 0.5) is 11.5 Å². The molecule has 0 aliphatic carbocycles. The van der Waals surface area contributed by atoms with Crippen LogP contribution in [-0.2, 0) is 9.59 Å². The van der Waals surface area contributed by atoms with E-state index < -0.39 is 6.04 Å². The van der Waals surface area contributed by atoms with Gasteiger partial charge in [-0.25, -0.2) is 0 Å². The van der Waals surface area contributed by atoms with Gasteiger partial charge in [0.2, 0.25) is 11.8 Å². The van der Waals surface area contributed by atoms with Crippen molar-refractivity contribution in [2.75, 3.05) is 24.2 Å². The van der Waals surface area contributed by atoms with Gasteiger partial charge in [0.15, 0.2) is 5.82 Å². The van der Waals surface area contributed by atoms with Gasteiger partial charge in [-0.05, 0) is 45.4 Å². The minimum Gasteiger partial charge on any atom is -0.360 e. The van der Waals surface area contributed by atoms with Crippen LogP contribution in [0.5, 0.6) is 0 Å². The number of carbonyl (C=O) groups excluding carboxylic acids is 2. The predicted octanol–water partition coefficient (Wildman–Crippen LogP) is 3.67. The maximum absolute atomic E-state index is 12.8. The van der Waals surface area contributed by atoms with E-state index in [1.54, 1.807) is 24.9 Å². The molecule has 2 aromatic rings. The topological polar surface area (TPSA) is 87.5 Å². The quantitative estimate of drug-likeness (QED) is 0.687. The van der Waals surface area contributed by atoms with E-state index in [0.29, 0.717) is 18.0 Å². The molecule has 1 aromatic carbocycles. The fourth-order valence-corrected chi connectivity index (χ4v) is 3.11. The third-order valence-corrected chi connectivity index (χ3v) is 4.68. The van der Waals surface area contributed by atoms with Gasteiger partial charge in [0.1, 0.15) is 5.76 Å². The molecule has 1 atom stereocenters. The Morgan fingerprint density at radius 2 is 1.86 bits per heavy atom. The fourth-order valence-electron chi connectivity index (χ4n) is 3.11. The summed E-state index contributed by atoms with van der Waals surface area (Å²) in [5.74, 6) is 0.676. The number of benzene rings is 1. The van der Waals surface area contributed by atoms with Crippen molar-refractivity contribution in [2.24, 2.45) is 0 Å². The highest BCUT2D eigenvalue weighted by Crippen LogP contribution is 2.19. The number of para-hydroxylation sites is 1. The van der Waals surface area contributed by atoms with Gasteiger partial charge in [-0.2, -0.15) is 0 Å². The molecule has 28 heavy (non-hydrogen) atoms. The first-order valence-corrected chi connectivity index (χ1v) is 9.62. The predicted molar refractivity (Wildman–Crippen MR) is 110 cm³/mol. The van der Waals surface area contributed by atoms with Gasteiger partial charge in [0.05, 0.1) is 12.6 Å². The van der Waals surface area contributed by atoms with Crippen molar-refractivity contribution in [1.82, 2.24) is 10.1 Å². The molecule has 0 fully saturated rings. The Morgan fingerprint density at radius 1 is 1.18 bits per heavy atom. The summed E-state index contributed by atoms with van der Waals surface area (Å²) in [6, 6.07) is 7.12. The molecule has 0 radical (unpaired) electrons. The average molecular weight is 386 g/mol. The normalized spacial score (nSPS) is 12.1. The monoisotopic (exact) mass is 386 g/mol. The molecule has 1 heterocycles. The number of nitrogens with one attached hydrogen (secondary N) is 2. The lowest BCUT2D eigenvalue weighted by molar-refractivity contribution is -0.123. The summed E-state index contributed by atoms with van der Waals surface area (Å²) in [7, 11) is 1.79. The molecule has 7 heteroatoms. The van der Waals surface area contributed by atoms with Gasteiger partial charge in [-0.1, -0.05) is 43.1 Å². The Morgan fingerprint density at radius 3 is 2.43 bits per heavy atom. The summed E-state index contributed by atoms with van der Waals surface area (Å²) in [5, 5.41) is 9.56. The Bertz CT molecular complexity index is 795. The highest BCUT2D eigenvalue weighted by Gasteiger charge is 2.25. The summed E-state index contributed by atoms with van der Waals surface area (Å²) in [4.78, 5) is 27.1. The zero-order chi connectivity index (χ0) is 20.7. The van der Waals surface area contributed by atoms with E-state index in [-0.39, 0.29) is 18.4 Å². The van der Waals surface area contributed by atoms with Crippen LogP contribution >= 0.6 is 0 Å². The van der Waals surface area contributed by atoms with E-state index in [1.807, 2.05) is 32.0 Å². The second-order valence-electron chi connectivity index (χ2n) is 7.20. The summed E-state index contributed by atoms with van der Waals surface area (Å²) in [6.45, 7) is 7.88. The first kappa shape index (κ1) is 21.6. The van der Waals surface area contributed by atoms with Crippen molar-refractivity contribution in [1.29, 1.82) is 0 Å². The molecule has 2 N–H and O–H groups in total. The van der Waals surface area contributed by atoms with Crippen molar-refractivity contribution in [2.45, 2.75) is 53.0 Å². The fraction of sp³-hybridized carbons (Fsp3) is 0.476. The highest BCUT2D eigenvalue weighted by atomic mass is 16.5. The molecule has 0 bridgehead atoms. The number of aromatic nitrogens is 1. The molecule has 1 aromatic heterocycles. The van der Waals surface area contributed by atoms with E-state index >= 15 is 0 Å². The van der Waals surface area contributed by atoms with Crippen molar-refractivity contribution in [3.05, 3.63) is 41.2 Å². The maximum atomic E-state index is 12.8. The van der Waals surface area contributed by atoms with Gasteiger partial charge < -0.3 is 15.2 Å². The lowest BCUT2D eigenvalue weighted by Gasteiger charge is -2.26. The first-order valence-electron chi connectivity index (χ1n) is 9.62. The van der Waals surface area contributed by atoms with Crippen LogP contribution in [0.25, 0.3) is 0 Å². The van der Waals surface area contributed by atoms with Crippen molar-refractivity contribution in [3.8, 4) is 0 Å². The Labute approximate surface area is 166 Å². The molecule has 0 saturated heterocycles. The summed E-state index contributed by atoms with van der Waals surface area (Å²) >= 11 is 0. The van der Waals surface area contributed by atoms with Crippen LogP contribution in [0.2, 0.25) is 0 Å². The molecule has 2 amide bonds. The summed E-state index contributed by atoms with van der Waals surface area (Å²) in [6.07, 6.45) is 2.51. The second-order valence-corrected chi connectivity index (χ2v) is 7.20. The molecular formula is C21H30N4O3. The standard InChI is InChI=1S/C21H30N4O3/c1-6-7-11-17(21(27)22-18-12-16(4)28-24-18)25(5)13-19(26)23-20-14(2)9-8-10-15(20)3/h8-10,12,17H,6-7,11,13H2,1-5H3,(H,23,26)(H,22,24,27). The van der Waals surface area contributed by atoms with Crippen LogP contribution in [0.1, 0.15) is 43.1 Å². The Hall–Kier alpha value is -2.67. The first-order chi connectivity index (χ1) is 13.3. The maximum Gasteiger partial charge on any atom is 0.242 e. The number of unbranched alkanes of at least 4 members (excludes halogenated alkanes) is 1. The van der Waals surface area contributed by atoms with Crippen molar-refractivity contribution < 1.29 is 14.1 Å². The SMILES string of the molecule is CCCCC(C(=O)Nc1cc(C)on1)N(C)CC(=O)Nc1c(C)cccc1C. The van der Waals surface area contributed by atoms with Gasteiger partial charge >= 0.3 is 0 Å². The second kappa shape index (κ2) is 10.0. The lowest BCUT2D eigenvalue weighted by Crippen LogP contribution is -2.45. The molecule has 0 spiro atoms. The number of nitrogens with zero attached hydrogens (tertiary/aromatic N) is 2. The molecular weight excluding hydrogens is 356 g/mol. The van der Waals surface area contributed by atoms with Crippen LogP contribution in [0, 0.1) is 20.8 Å². The zero-order valence-electron chi connectivity index (χ0n) is 17.3. The Balaban J connectivity index is 2.03. The van der Waals surface area contributed by atoms with Crippen LogP contribution in [0.15, 0.2) is 28.8 Å². The molecule has 152 valence electrons. The number of rotatable bonds is 9. The van der Waals surface area contributed by atoms with Crippen LogP contribution in [0.3, 0.4) is 0 Å². The highest BCUT2D eigenvalue weighted by molar-refractivity contribution is 5.96. The van der Waals surface area contributed by atoms with E-state index in [9.17, 15) is 9.59 Å². The Kier molecular flexibility index (Phi) is 7.75. The third-order valence-electron chi connectivity index (χ3n) is 4.68. The number of aryl methyl sites for hydroxylation is 3. The van der Waals surface area contributed by atoms with Gasteiger partial charge in [-0.3, -0.25) is 14.5 Å². The number of anilines is 2. The molecule has 0 aliphatic rings. The number of amides is 2. The molecule has 7 nitrogen and oxygen atoms in total. The van der Waals surface area contributed by atoms with Gasteiger partial charge in [0, 0.05) is 11.8 Å². The molecule has 2 rings (SSSR count). The molecule has 1 unspecified atom stereocenters. The van der Waals surface area contributed by atoms with Crippen LogP contribution < -0.4 is 10.6 Å². The van der Waals surface area contributed by atoms with E-state index in [2.05, 4.69) is 22.7 Å². The minimum atomic E-state index is -0.430. The zero-order valence-corrected chi connectivity index (χ0v) is 17.3. The largest absolute Gasteiger partial charge is 0.360 e. The number of hydrogen-bond donors (Lipinski definition) is 2. The number of likely N-dealkylation sites (N-methyl/N-ethyl adjacent to an activating group) is 1. The van der Waals surface area contributed by atoms with E-state index in [0.717, 1.165) is 29.7 Å². The van der Waals surface area contributed by atoms with Crippen molar-refractivity contribution in [3.63, 3.8) is 0 Å². The van der Waals surface area contributed by atoms with Gasteiger partial charge in [-0.15, -0.1) is 0 Å². The average Bonchev–Trinajstić information content (AvgIpc) is 3.03. The minimum absolute atomic E-state index is 0.118. The lowest BCUT2D eigenvalue weighted by atomic mass is 10.1. The molecule has 0 aliphatic heterocycles. The van der Waals surface area contributed by atoms with Gasteiger partial charge in [0.25, 0.3) is 0 Å². The smallest absolute Gasteiger partial charge is 0.242 e. The number of hydrogen-bond acceptors (Lipinski definition) is 5. The molecule has 0 saturated carbocycles. The van der Waals surface area contributed by atoms with Crippen molar-refractivity contribution >= 4 is 23.3 Å². The van der Waals surface area contributed by atoms with Crippen LogP contribution in [-0.4, -0.2) is 41.5 Å².